The Morgan fingerprint density at radius 1 is 0.239 bits per heavy atom. The van der Waals surface area contributed by atoms with Crippen molar-refractivity contribution < 1.29 is 0 Å². The van der Waals surface area contributed by atoms with Crippen LogP contribution >= 0.6 is 0 Å². The molecule has 88 heavy (non-hydrogen) atoms. The topological polar surface area (TPSA) is 96.7 Å². The average molecular weight is 1140 g/mol. The van der Waals surface area contributed by atoms with Gasteiger partial charge in [0.25, 0.3) is 0 Å². The van der Waals surface area contributed by atoms with Gasteiger partial charge in [-0.3, -0.25) is 4.90 Å². The first-order valence-electron chi connectivity index (χ1n) is 29.9. The van der Waals surface area contributed by atoms with Crippen LogP contribution in [0.15, 0.2) is 273 Å². The molecule has 0 N–H and O–H groups in total. The van der Waals surface area contributed by atoms with E-state index in [0.29, 0.717) is 29.2 Å². The quantitative estimate of drug-likeness (QED) is 0.125. The maximum atomic E-state index is 5.70. The molecule has 0 saturated heterocycles. The fourth-order valence-electron chi connectivity index (χ4n) is 11.5. The van der Waals surface area contributed by atoms with E-state index < -0.39 is 0 Å². The summed E-state index contributed by atoms with van der Waals surface area (Å²) in [5.41, 5.74) is 18.7. The molecule has 3 aromatic heterocycles. The number of nitrogens with zero attached hydrogens (tertiary/aromatic N) is 9. The van der Waals surface area contributed by atoms with Crippen molar-refractivity contribution in [1.82, 2.24) is 34.9 Å². The number of anilines is 6. The zero-order chi connectivity index (χ0) is 59.9. The number of benzene rings is 10. The molecule has 9 heteroatoms. The second kappa shape index (κ2) is 22.8. The van der Waals surface area contributed by atoms with Crippen LogP contribution < -0.4 is 9.80 Å². The first kappa shape index (κ1) is 54.9. The predicted molar refractivity (Wildman–Crippen MR) is 360 cm³/mol. The van der Waals surface area contributed by atoms with Crippen molar-refractivity contribution in [3.05, 3.63) is 284 Å². The Labute approximate surface area is 514 Å². The number of hydrogen-bond donors (Lipinski definition) is 0. The van der Waals surface area contributed by atoms with Crippen molar-refractivity contribution in [2.24, 2.45) is 0 Å². The molecule has 0 aliphatic carbocycles. The first-order chi connectivity index (χ1) is 42.9. The SMILES string of the molecule is CC(C)(C)c1cc(-c2cc(-c3nc(-c4ccccc4)nc(-c4ccccc4)n3)cc(-c3nc(-c4ccccc4)cc(-c4ccccc4)n3)c2N2c3ccccc3N(c3nc(-c4ccccc4)cc(-c4ccccc4)n3)c3ccccc32)cc(C(C)(C)C)c1. The van der Waals surface area contributed by atoms with Crippen LogP contribution in [0.5, 0.6) is 0 Å². The van der Waals surface area contributed by atoms with Crippen LogP contribution in [0.3, 0.4) is 0 Å². The molecule has 1 aliphatic heterocycles. The van der Waals surface area contributed by atoms with Crippen molar-refractivity contribution in [2.45, 2.75) is 52.4 Å². The van der Waals surface area contributed by atoms with Gasteiger partial charge in [0.2, 0.25) is 5.95 Å². The standard InChI is InChI=1S/C79H63N9/c1-78(2,3)60-45-58(46-61(49-60)79(4,5)6)62-47-59(75-85-73(56-37-21-11-22-38-56)84-74(86-75)57-39-23-12-24-40-57)48-63(76-80-64(52-29-13-7-14-30-52)50-65(81-76)53-31-15-8-16-32-53)72(62)87-68-41-25-27-43-70(68)88(71-44-28-26-42-69(71)87)77-82-66(54-33-17-9-18-34-54)51-67(83-77)55-35-19-10-20-36-55/h7-51H,1-6H3. The molecule has 0 saturated carbocycles. The molecule has 13 aromatic rings. The van der Waals surface area contributed by atoms with Gasteiger partial charge >= 0.3 is 0 Å². The Hall–Kier alpha value is -11.0. The second-order valence-corrected chi connectivity index (χ2v) is 24.3. The summed E-state index contributed by atoms with van der Waals surface area (Å²) in [5, 5.41) is 0. The molecule has 0 bridgehead atoms. The number of para-hydroxylation sites is 4. The third kappa shape index (κ3) is 10.8. The van der Waals surface area contributed by atoms with Gasteiger partial charge in [-0.15, -0.1) is 0 Å². The highest BCUT2D eigenvalue weighted by Crippen LogP contribution is 2.58. The predicted octanol–water partition coefficient (Wildman–Crippen LogP) is 20.3. The summed E-state index contributed by atoms with van der Waals surface area (Å²) < 4.78 is 0. The zero-order valence-electron chi connectivity index (χ0n) is 50.0. The molecule has 0 amide bonds. The Balaban J connectivity index is 1.12. The fraction of sp³-hybridized carbons (Fsp3) is 0.101. The van der Waals surface area contributed by atoms with Crippen LogP contribution in [0.4, 0.5) is 34.4 Å². The highest BCUT2D eigenvalue weighted by molar-refractivity contribution is 6.07. The molecule has 0 spiro atoms. The van der Waals surface area contributed by atoms with Crippen molar-refractivity contribution >= 4 is 34.4 Å². The van der Waals surface area contributed by atoms with E-state index in [-0.39, 0.29) is 10.8 Å². The van der Waals surface area contributed by atoms with Gasteiger partial charge in [0.1, 0.15) is 0 Å². The van der Waals surface area contributed by atoms with E-state index in [9.17, 15) is 0 Å². The maximum absolute atomic E-state index is 5.70. The average Bonchev–Trinajstić information content (AvgIpc) is 0.900. The summed E-state index contributed by atoms with van der Waals surface area (Å²) >= 11 is 0. The fourth-order valence-corrected chi connectivity index (χ4v) is 11.5. The highest BCUT2D eigenvalue weighted by atomic mass is 15.3. The molecular weight excluding hydrogens is 1070 g/mol. The minimum atomic E-state index is -0.227. The van der Waals surface area contributed by atoms with Crippen LogP contribution in [0, 0.1) is 0 Å². The van der Waals surface area contributed by atoms with Crippen molar-refractivity contribution in [2.75, 3.05) is 9.80 Å². The van der Waals surface area contributed by atoms with E-state index in [2.05, 4.69) is 239 Å². The van der Waals surface area contributed by atoms with Gasteiger partial charge in [-0.1, -0.05) is 266 Å². The molecule has 424 valence electrons. The Morgan fingerprint density at radius 2 is 0.545 bits per heavy atom. The van der Waals surface area contributed by atoms with Crippen LogP contribution in [-0.4, -0.2) is 34.9 Å². The minimum absolute atomic E-state index is 0.227. The molecule has 0 radical (unpaired) electrons. The van der Waals surface area contributed by atoms with Crippen molar-refractivity contribution in [3.8, 4) is 102 Å². The zero-order valence-corrected chi connectivity index (χ0v) is 50.0. The summed E-state index contributed by atoms with van der Waals surface area (Å²) in [4.78, 5) is 43.0. The molecular formula is C79H63N9. The minimum Gasteiger partial charge on any atom is -0.305 e. The molecule has 14 rings (SSSR count). The van der Waals surface area contributed by atoms with E-state index in [1.807, 2.05) is 84.9 Å². The van der Waals surface area contributed by atoms with Crippen LogP contribution in [0.1, 0.15) is 52.7 Å². The molecule has 10 aromatic carbocycles. The number of fused-ring (bicyclic) bond motifs is 2. The summed E-state index contributed by atoms with van der Waals surface area (Å²) in [6, 6.07) is 94.7. The van der Waals surface area contributed by atoms with E-state index in [1.54, 1.807) is 0 Å². The molecule has 9 nitrogen and oxygen atoms in total. The van der Waals surface area contributed by atoms with Crippen molar-refractivity contribution in [1.29, 1.82) is 0 Å². The van der Waals surface area contributed by atoms with Gasteiger partial charge in [-0.05, 0) is 76.1 Å². The lowest BCUT2D eigenvalue weighted by Gasteiger charge is -2.41. The third-order valence-electron chi connectivity index (χ3n) is 16.2. The first-order valence-corrected chi connectivity index (χ1v) is 29.9. The Morgan fingerprint density at radius 3 is 0.909 bits per heavy atom. The summed E-state index contributed by atoms with van der Waals surface area (Å²) in [6.07, 6.45) is 0. The van der Waals surface area contributed by atoms with Crippen LogP contribution in [-0.2, 0) is 10.8 Å². The van der Waals surface area contributed by atoms with Gasteiger partial charge in [0.05, 0.1) is 51.2 Å². The van der Waals surface area contributed by atoms with E-state index in [4.69, 9.17) is 34.9 Å². The number of rotatable bonds is 11. The molecule has 4 heterocycles. The van der Waals surface area contributed by atoms with Gasteiger partial charge in [0, 0.05) is 50.1 Å². The lowest BCUT2D eigenvalue weighted by molar-refractivity contribution is 0.569. The van der Waals surface area contributed by atoms with Crippen molar-refractivity contribution in [3.63, 3.8) is 0 Å². The smallest absolute Gasteiger partial charge is 0.235 e. The van der Waals surface area contributed by atoms with Crippen LogP contribution in [0.2, 0.25) is 0 Å². The lowest BCUT2D eigenvalue weighted by Crippen LogP contribution is -2.26. The second-order valence-electron chi connectivity index (χ2n) is 24.3. The monoisotopic (exact) mass is 1140 g/mol. The van der Waals surface area contributed by atoms with Gasteiger partial charge in [0.15, 0.2) is 23.3 Å². The van der Waals surface area contributed by atoms with Crippen LogP contribution in [0.25, 0.3) is 102 Å². The molecule has 0 fully saturated rings. The largest absolute Gasteiger partial charge is 0.305 e. The van der Waals surface area contributed by atoms with E-state index in [1.165, 1.54) is 11.1 Å². The summed E-state index contributed by atoms with van der Waals surface area (Å²) in [5.74, 6) is 2.67. The highest BCUT2D eigenvalue weighted by Gasteiger charge is 2.36. The van der Waals surface area contributed by atoms with Gasteiger partial charge < -0.3 is 4.90 Å². The Kier molecular flexibility index (Phi) is 14.2. The van der Waals surface area contributed by atoms with E-state index in [0.717, 1.165) is 107 Å². The molecule has 0 atom stereocenters. The molecule has 0 unspecified atom stereocenters. The summed E-state index contributed by atoms with van der Waals surface area (Å²) in [7, 11) is 0. The summed E-state index contributed by atoms with van der Waals surface area (Å²) in [6.45, 7) is 13.8. The van der Waals surface area contributed by atoms with Gasteiger partial charge in [-0.25, -0.2) is 34.9 Å². The lowest BCUT2D eigenvalue weighted by atomic mass is 9.78. The normalized spacial score (nSPS) is 12.2. The maximum Gasteiger partial charge on any atom is 0.235 e. The van der Waals surface area contributed by atoms with E-state index >= 15 is 0 Å². The number of hydrogen-bond acceptors (Lipinski definition) is 9. The molecule has 1 aliphatic rings. The Bertz CT molecular complexity index is 4430. The third-order valence-corrected chi connectivity index (χ3v) is 16.2. The number of aromatic nitrogens is 7. The van der Waals surface area contributed by atoms with Gasteiger partial charge in [-0.2, -0.15) is 0 Å².